The van der Waals surface area contributed by atoms with E-state index in [4.69, 9.17) is 4.74 Å². The maximum absolute atomic E-state index is 12.7. The maximum Gasteiger partial charge on any atom is 0.275 e. The zero-order valence-electron chi connectivity index (χ0n) is 17.3. The van der Waals surface area contributed by atoms with Crippen LogP contribution in [-0.4, -0.2) is 37.1 Å². The van der Waals surface area contributed by atoms with Crippen LogP contribution in [-0.2, 0) is 4.74 Å². The molecule has 0 saturated heterocycles. The molecular formula is C23H25N3O3S. The molecule has 0 spiro atoms. The molecule has 2 aromatic carbocycles. The van der Waals surface area contributed by atoms with Crippen LogP contribution < -0.4 is 10.6 Å². The van der Waals surface area contributed by atoms with Gasteiger partial charge in [-0.25, -0.2) is 4.98 Å². The van der Waals surface area contributed by atoms with Crippen molar-refractivity contribution in [1.82, 2.24) is 10.3 Å². The molecule has 30 heavy (non-hydrogen) atoms. The normalized spacial score (nSPS) is 10.8. The fourth-order valence-corrected chi connectivity index (χ4v) is 3.67. The molecule has 0 fully saturated rings. The standard InChI is InChI=1S/C23H25N3O3S/c1-15(2)16-8-10-17(11-9-16)23-26-20(14-30-23)22(28)25-19-7-5-4-6-18(19)21(27)24-12-13-29-3/h4-11,14-15H,12-13H2,1-3H3,(H,24,27)(H,25,28). The molecule has 0 aliphatic rings. The predicted molar refractivity (Wildman–Crippen MR) is 120 cm³/mol. The number of ether oxygens (including phenoxy) is 1. The summed E-state index contributed by atoms with van der Waals surface area (Å²) in [5.74, 6) is -0.163. The molecule has 2 N–H and O–H groups in total. The van der Waals surface area contributed by atoms with Crippen molar-refractivity contribution in [2.75, 3.05) is 25.6 Å². The SMILES string of the molecule is COCCNC(=O)c1ccccc1NC(=O)c1csc(-c2ccc(C(C)C)cc2)n1. The number of rotatable bonds is 8. The Kier molecular flexibility index (Phi) is 7.32. The highest BCUT2D eigenvalue weighted by atomic mass is 32.1. The molecular weight excluding hydrogens is 398 g/mol. The largest absolute Gasteiger partial charge is 0.383 e. The minimum absolute atomic E-state index is 0.271. The number of amides is 2. The van der Waals surface area contributed by atoms with Crippen LogP contribution in [0.1, 0.15) is 46.2 Å². The van der Waals surface area contributed by atoms with Gasteiger partial charge in [0, 0.05) is 24.6 Å². The van der Waals surface area contributed by atoms with Crippen LogP contribution >= 0.6 is 11.3 Å². The van der Waals surface area contributed by atoms with Crippen molar-refractivity contribution < 1.29 is 14.3 Å². The Labute approximate surface area is 180 Å². The van der Waals surface area contributed by atoms with E-state index < -0.39 is 0 Å². The Hall–Kier alpha value is -3.03. The van der Waals surface area contributed by atoms with Gasteiger partial charge >= 0.3 is 0 Å². The zero-order valence-corrected chi connectivity index (χ0v) is 18.1. The highest BCUT2D eigenvalue weighted by molar-refractivity contribution is 7.13. The van der Waals surface area contributed by atoms with Gasteiger partial charge in [0.05, 0.1) is 17.9 Å². The molecule has 7 heteroatoms. The molecule has 0 radical (unpaired) electrons. The molecule has 0 bridgehead atoms. The summed E-state index contributed by atoms with van der Waals surface area (Å²) in [5, 5.41) is 8.07. The van der Waals surface area contributed by atoms with Gasteiger partial charge in [-0.1, -0.05) is 50.2 Å². The lowest BCUT2D eigenvalue weighted by Gasteiger charge is -2.10. The first kappa shape index (κ1) is 21.7. The smallest absolute Gasteiger partial charge is 0.275 e. The molecule has 0 aliphatic heterocycles. The first-order valence-corrected chi connectivity index (χ1v) is 10.6. The Balaban J connectivity index is 1.72. The minimum Gasteiger partial charge on any atom is -0.383 e. The van der Waals surface area contributed by atoms with Crippen molar-refractivity contribution in [2.24, 2.45) is 0 Å². The number of methoxy groups -OCH3 is 1. The van der Waals surface area contributed by atoms with Gasteiger partial charge in [0.25, 0.3) is 11.8 Å². The minimum atomic E-state index is -0.353. The first-order chi connectivity index (χ1) is 14.5. The number of hydrogen-bond donors (Lipinski definition) is 2. The van der Waals surface area contributed by atoms with Crippen molar-refractivity contribution in [3.63, 3.8) is 0 Å². The van der Waals surface area contributed by atoms with Gasteiger partial charge < -0.3 is 15.4 Å². The summed E-state index contributed by atoms with van der Waals surface area (Å²) < 4.78 is 4.95. The molecule has 0 aliphatic carbocycles. The van der Waals surface area contributed by atoms with Gasteiger partial charge in [-0.05, 0) is 23.6 Å². The topological polar surface area (TPSA) is 80.3 Å². The van der Waals surface area contributed by atoms with Crippen LogP contribution in [0.2, 0.25) is 0 Å². The Bertz CT molecular complexity index is 1010. The van der Waals surface area contributed by atoms with Crippen molar-refractivity contribution in [2.45, 2.75) is 19.8 Å². The molecule has 2 amide bonds. The number of aromatic nitrogens is 1. The number of nitrogens with one attached hydrogen (secondary N) is 2. The Morgan fingerprint density at radius 2 is 1.80 bits per heavy atom. The second-order valence-corrected chi connectivity index (χ2v) is 7.92. The summed E-state index contributed by atoms with van der Waals surface area (Å²) in [6.07, 6.45) is 0. The lowest BCUT2D eigenvalue weighted by atomic mass is 10.0. The lowest BCUT2D eigenvalue weighted by molar-refractivity contribution is 0.0938. The molecule has 3 aromatic rings. The van der Waals surface area contributed by atoms with Gasteiger partial charge in [0.1, 0.15) is 10.7 Å². The summed E-state index contributed by atoms with van der Waals surface area (Å²) in [7, 11) is 1.57. The molecule has 1 heterocycles. The summed E-state index contributed by atoms with van der Waals surface area (Å²) in [5.41, 5.74) is 3.38. The van der Waals surface area contributed by atoms with Gasteiger partial charge in [-0.3, -0.25) is 9.59 Å². The number of nitrogens with zero attached hydrogens (tertiary/aromatic N) is 1. The molecule has 0 unspecified atom stereocenters. The van der Waals surface area contributed by atoms with Crippen LogP contribution in [0.5, 0.6) is 0 Å². The zero-order chi connectivity index (χ0) is 21.5. The van der Waals surface area contributed by atoms with Crippen LogP contribution in [0.4, 0.5) is 5.69 Å². The third-order valence-corrected chi connectivity index (χ3v) is 5.46. The third kappa shape index (κ3) is 5.31. The van der Waals surface area contributed by atoms with Crippen molar-refractivity contribution in [3.8, 4) is 10.6 Å². The number of benzene rings is 2. The van der Waals surface area contributed by atoms with E-state index in [1.807, 2.05) is 12.1 Å². The van der Waals surface area contributed by atoms with E-state index in [1.165, 1.54) is 16.9 Å². The fourth-order valence-electron chi connectivity index (χ4n) is 2.86. The number of carbonyl (C=O) groups excluding carboxylic acids is 2. The van der Waals surface area contributed by atoms with Crippen molar-refractivity contribution in [3.05, 3.63) is 70.7 Å². The highest BCUT2D eigenvalue weighted by Gasteiger charge is 2.16. The van der Waals surface area contributed by atoms with E-state index in [2.05, 4.69) is 41.6 Å². The molecule has 1 aromatic heterocycles. The van der Waals surface area contributed by atoms with Gasteiger partial charge in [-0.15, -0.1) is 11.3 Å². The quantitative estimate of drug-likeness (QED) is 0.521. The molecule has 3 rings (SSSR count). The molecule has 6 nitrogen and oxygen atoms in total. The highest BCUT2D eigenvalue weighted by Crippen LogP contribution is 2.26. The molecule has 0 atom stereocenters. The number of hydrogen-bond acceptors (Lipinski definition) is 5. The Morgan fingerprint density at radius 1 is 1.07 bits per heavy atom. The van der Waals surface area contributed by atoms with Crippen LogP contribution in [0, 0.1) is 0 Å². The molecule has 0 saturated carbocycles. The van der Waals surface area contributed by atoms with Crippen molar-refractivity contribution in [1.29, 1.82) is 0 Å². The fraction of sp³-hybridized carbons (Fsp3) is 0.261. The lowest BCUT2D eigenvalue weighted by Crippen LogP contribution is -2.28. The summed E-state index contributed by atoms with van der Waals surface area (Å²) in [6.45, 7) is 5.11. The van der Waals surface area contributed by atoms with Crippen molar-refractivity contribution >= 4 is 28.8 Å². The molecule has 156 valence electrons. The van der Waals surface area contributed by atoms with Crippen LogP contribution in [0.15, 0.2) is 53.9 Å². The summed E-state index contributed by atoms with van der Waals surface area (Å²) in [6, 6.07) is 15.1. The van der Waals surface area contributed by atoms with Gasteiger partial charge in [0.15, 0.2) is 0 Å². The first-order valence-electron chi connectivity index (χ1n) is 9.73. The maximum atomic E-state index is 12.7. The van der Waals surface area contributed by atoms with Gasteiger partial charge in [-0.2, -0.15) is 0 Å². The number of carbonyl (C=O) groups is 2. The van der Waals surface area contributed by atoms with Crippen LogP contribution in [0.3, 0.4) is 0 Å². The summed E-state index contributed by atoms with van der Waals surface area (Å²) >= 11 is 1.41. The number of thiazole rings is 1. The predicted octanol–water partition coefficient (Wildman–Crippen LogP) is 4.56. The van der Waals surface area contributed by atoms with E-state index >= 15 is 0 Å². The second-order valence-electron chi connectivity index (χ2n) is 7.06. The van der Waals surface area contributed by atoms with E-state index in [1.54, 1.807) is 36.8 Å². The van der Waals surface area contributed by atoms with Crippen LogP contribution in [0.25, 0.3) is 10.6 Å². The monoisotopic (exact) mass is 423 g/mol. The third-order valence-electron chi connectivity index (χ3n) is 4.57. The summed E-state index contributed by atoms with van der Waals surface area (Å²) in [4.78, 5) is 29.6. The van der Waals surface area contributed by atoms with Gasteiger partial charge in [0.2, 0.25) is 0 Å². The second kappa shape index (κ2) is 10.1. The van der Waals surface area contributed by atoms with E-state index in [0.29, 0.717) is 36.0 Å². The van der Waals surface area contributed by atoms with E-state index in [-0.39, 0.29) is 11.8 Å². The van der Waals surface area contributed by atoms with E-state index in [9.17, 15) is 9.59 Å². The average Bonchev–Trinajstić information content (AvgIpc) is 3.25. The number of para-hydroxylation sites is 1. The number of anilines is 1. The Morgan fingerprint density at radius 3 is 2.50 bits per heavy atom. The van der Waals surface area contributed by atoms with E-state index in [0.717, 1.165) is 10.6 Å². The average molecular weight is 424 g/mol.